The maximum atomic E-state index is 11.9. The third kappa shape index (κ3) is 5.14. The van der Waals surface area contributed by atoms with Gasteiger partial charge in [0, 0.05) is 18.5 Å². The first-order chi connectivity index (χ1) is 8.13. The van der Waals surface area contributed by atoms with Crippen molar-refractivity contribution in [3.63, 3.8) is 0 Å². The SMILES string of the molecule is CCCCN(C)CCC(=O)c1cccc(C)c1. The standard InChI is InChI=1S/C15H23NO/c1-4-5-10-16(3)11-9-15(17)14-8-6-7-13(2)12-14/h6-8,12H,4-5,9-11H2,1-3H3. The second-order valence-corrected chi connectivity index (χ2v) is 4.70. The van der Waals surface area contributed by atoms with Crippen LogP contribution in [0.5, 0.6) is 0 Å². The van der Waals surface area contributed by atoms with E-state index in [2.05, 4.69) is 18.9 Å². The van der Waals surface area contributed by atoms with E-state index in [-0.39, 0.29) is 5.78 Å². The van der Waals surface area contributed by atoms with E-state index in [0.717, 1.165) is 24.2 Å². The third-order valence-electron chi connectivity index (χ3n) is 2.95. The molecule has 0 heterocycles. The van der Waals surface area contributed by atoms with Crippen LogP contribution >= 0.6 is 0 Å². The Labute approximate surface area is 105 Å². The monoisotopic (exact) mass is 233 g/mol. The average Bonchev–Trinajstić information content (AvgIpc) is 2.33. The summed E-state index contributed by atoms with van der Waals surface area (Å²) in [4.78, 5) is 14.2. The van der Waals surface area contributed by atoms with Crippen molar-refractivity contribution in [1.29, 1.82) is 0 Å². The molecule has 94 valence electrons. The molecule has 0 saturated heterocycles. The summed E-state index contributed by atoms with van der Waals surface area (Å²) in [6, 6.07) is 7.84. The van der Waals surface area contributed by atoms with Crippen molar-refractivity contribution in [2.75, 3.05) is 20.1 Å². The lowest BCUT2D eigenvalue weighted by atomic mass is 10.1. The van der Waals surface area contributed by atoms with Crippen molar-refractivity contribution in [2.24, 2.45) is 0 Å². The molecule has 0 aliphatic rings. The molecule has 2 nitrogen and oxygen atoms in total. The van der Waals surface area contributed by atoms with Crippen LogP contribution in [0.1, 0.15) is 42.1 Å². The molecule has 17 heavy (non-hydrogen) atoms. The quantitative estimate of drug-likeness (QED) is 0.673. The Balaban J connectivity index is 2.39. The van der Waals surface area contributed by atoms with Crippen molar-refractivity contribution < 1.29 is 4.79 Å². The molecule has 0 fully saturated rings. The molecule has 0 aliphatic heterocycles. The van der Waals surface area contributed by atoms with Gasteiger partial charge in [-0.25, -0.2) is 0 Å². The number of benzene rings is 1. The fourth-order valence-corrected chi connectivity index (χ4v) is 1.80. The minimum absolute atomic E-state index is 0.247. The zero-order valence-electron chi connectivity index (χ0n) is 11.2. The van der Waals surface area contributed by atoms with Crippen LogP contribution in [0.25, 0.3) is 0 Å². The predicted octanol–water partition coefficient (Wildman–Crippen LogP) is 3.30. The van der Waals surface area contributed by atoms with Crippen molar-refractivity contribution in [1.82, 2.24) is 4.90 Å². The first-order valence-corrected chi connectivity index (χ1v) is 6.42. The Kier molecular flexibility index (Phi) is 5.92. The van der Waals surface area contributed by atoms with E-state index in [9.17, 15) is 4.79 Å². The van der Waals surface area contributed by atoms with Crippen LogP contribution in [0.15, 0.2) is 24.3 Å². The second kappa shape index (κ2) is 7.23. The molecular weight excluding hydrogens is 210 g/mol. The topological polar surface area (TPSA) is 20.3 Å². The number of carbonyl (C=O) groups is 1. The molecule has 0 spiro atoms. The first kappa shape index (κ1) is 13.9. The van der Waals surface area contributed by atoms with E-state index in [1.807, 2.05) is 31.2 Å². The summed E-state index contributed by atoms with van der Waals surface area (Å²) in [7, 11) is 2.08. The number of ketones is 1. The molecule has 0 saturated carbocycles. The van der Waals surface area contributed by atoms with Crippen LogP contribution in [-0.4, -0.2) is 30.8 Å². The van der Waals surface area contributed by atoms with E-state index in [4.69, 9.17) is 0 Å². The molecule has 0 amide bonds. The fourth-order valence-electron chi connectivity index (χ4n) is 1.80. The van der Waals surface area contributed by atoms with Crippen molar-refractivity contribution in [2.45, 2.75) is 33.1 Å². The fraction of sp³-hybridized carbons (Fsp3) is 0.533. The number of hydrogen-bond donors (Lipinski definition) is 0. The number of rotatable bonds is 7. The molecule has 0 bridgehead atoms. The molecule has 1 aromatic carbocycles. The smallest absolute Gasteiger partial charge is 0.164 e. The van der Waals surface area contributed by atoms with Gasteiger partial charge in [0.05, 0.1) is 0 Å². The number of Topliss-reactive ketones (excluding diaryl/α,β-unsaturated/α-hetero) is 1. The van der Waals surface area contributed by atoms with Gasteiger partial charge in [-0.2, -0.15) is 0 Å². The van der Waals surface area contributed by atoms with Gasteiger partial charge in [-0.3, -0.25) is 4.79 Å². The molecule has 0 N–H and O–H groups in total. The maximum Gasteiger partial charge on any atom is 0.164 e. The van der Waals surface area contributed by atoms with Crippen molar-refractivity contribution in [3.8, 4) is 0 Å². The third-order valence-corrected chi connectivity index (χ3v) is 2.95. The first-order valence-electron chi connectivity index (χ1n) is 6.42. The van der Waals surface area contributed by atoms with E-state index >= 15 is 0 Å². The normalized spacial score (nSPS) is 10.8. The highest BCUT2D eigenvalue weighted by atomic mass is 16.1. The van der Waals surface area contributed by atoms with Crippen molar-refractivity contribution in [3.05, 3.63) is 35.4 Å². The molecule has 0 atom stereocenters. The lowest BCUT2D eigenvalue weighted by molar-refractivity contribution is 0.0969. The summed E-state index contributed by atoms with van der Waals surface area (Å²) >= 11 is 0. The molecule has 0 aromatic heterocycles. The van der Waals surface area contributed by atoms with Crippen LogP contribution in [0.2, 0.25) is 0 Å². The Morgan fingerprint density at radius 3 is 2.71 bits per heavy atom. The van der Waals surface area contributed by atoms with Crippen LogP contribution in [0.3, 0.4) is 0 Å². The Hall–Kier alpha value is -1.15. The summed E-state index contributed by atoms with van der Waals surface area (Å²) in [5, 5.41) is 0. The molecule has 0 radical (unpaired) electrons. The predicted molar refractivity (Wildman–Crippen MR) is 72.5 cm³/mol. The lowest BCUT2D eigenvalue weighted by Crippen LogP contribution is -2.23. The lowest BCUT2D eigenvalue weighted by Gasteiger charge is -2.15. The average molecular weight is 233 g/mol. The van der Waals surface area contributed by atoms with Gasteiger partial charge in [-0.1, -0.05) is 37.1 Å². The number of hydrogen-bond acceptors (Lipinski definition) is 2. The van der Waals surface area contributed by atoms with Gasteiger partial charge in [-0.15, -0.1) is 0 Å². The molecular formula is C15H23NO. The maximum absolute atomic E-state index is 11.9. The Morgan fingerprint density at radius 2 is 2.06 bits per heavy atom. The van der Waals surface area contributed by atoms with Crippen LogP contribution in [-0.2, 0) is 0 Å². The number of nitrogens with zero attached hydrogens (tertiary/aromatic N) is 1. The van der Waals surface area contributed by atoms with E-state index in [1.54, 1.807) is 0 Å². The van der Waals surface area contributed by atoms with Crippen molar-refractivity contribution >= 4 is 5.78 Å². The highest BCUT2D eigenvalue weighted by molar-refractivity contribution is 5.96. The number of unbranched alkanes of at least 4 members (excludes halogenated alkanes) is 1. The largest absolute Gasteiger partial charge is 0.306 e. The van der Waals surface area contributed by atoms with Gasteiger partial charge in [0.2, 0.25) is 0 Å². The molecule has 1 aromatic rings. The van der Waals surface area contributed by atoms with Crippen LogP contribution < -0.4 is 0 Å². The number of carbonyl (C=O) groups excluding carboxylic acids is 1. The zero-order valence-corrected chi connectivity index (χ0v) is 11.2. The molecule has 1 rings (SSSR count). The summed E-state index contributed by atoms with van der Waals surface area (Å²) < 4.78 is 0. The summed E-state index contributed by atoms with van der Waals surface area (Å²) in [6.45, 7) is 6.14. The van der Waals surface area contributed by atoms with E-state index in [0.29, 0.717) is 6.42 Å². The van der Waals surface area contributed by atoms with Gasteiger partial charge < -0.3 is 4.90 Å². The van der Waals surface area contributed by atoms with Gasteiger partial charge in [0.15, 0.2) is 5.78 Å². The Morgan fingerprint density at radius 1 is 1.29 bits per heavy atom. The zero-order chi connectivity index (χ0) is 12.7. The second-order valence-electron chi connectivity index (χ2n) is 4.70. The molecule has 2 heteroatoms. The summed E-state index contributed by atoms with van der Waals surface area (Å²) in [6.07, 6.45) is 3.02. The van der Waals surface area contributed by atoms with Gasteiger partial charge in [-0.05, 0) is 33.0 Å². The highest BCUT2D eigenvalue weighted by Crippen LogP contribution is 2.07. The number of aryl methyl sites for hydroxylation is 1. The minimum atomic E-state index is 0.247. The van der Waals surface area contributed by atoms with Gasteiger partial charge in [0.25, 0.3) is 0 Å². The van der Waals surface area contributed by atoms with Crippen LogP contribution in [0.4, 0.5) is 0 Å². The van der Waals surface area contributed by atoms with E-state index in [1.165, 1.54) is 12.8 Å². The Bertz CT molecular complexity index is 360. The van der Waals surface area contributed by atoms with Crippen LogP contribution in [0, 0.1) is 6.92 Å². The van der Waals surface area contributed by atoms with Gasteiger partial charge in [0.1, 0.15) is 0 Å². The summed E-state index contributed by atoms with van der Waals surface area (Å²) in [5.41, 5.74) is 1.99. The summed E-state index contributed by atoms with van der Waals surface area (Å²) in [5.74, 6) is 0.247. The highest BCUT2D eigenvalue weighted by Gasteiger charge is 2.07. The minimum Gasteiger partial charge on any atom is -0.306 e. The molecule has 0 aliphatic carbocycles. The van der Waals surface area contributed by atoms with E-state index < -0.39 is 0 Å². The molecule has 0 unspecified atom stereocenters. The van der Waals surface area contributed by atoms with Gasteiger partial charge >= 0.3 is 0 Å².